The fraction of sp³-hybridized carbons (Fsp3) is 0.391. The second-order valence-corrected chi connectivity index (χ2v) is 8.18. The summed E-state index contributed by atoms with van der Waals surface area (Å²) in [4.78, 5) is 15.5. The largest absolute Gasteiger partial charge is 0.460 e. The number of nitrogens with zero attached hydrogens (tertiary/aromatic N) is 3. The van der Waals surface area contributed by atoms with Crippen molar-refractivity contribution in [3.05, 3.63) is 60.0 Å². The van der Waals surface area contributed by atoms with E-state index in [4.69, 9.17) is 9.15 Å². The smallest absolute Gasteiger partial charge is 0.255 e. The van der Waals surface area contributed by atoms with Crippen molar-refractivity contribution in [2.24, 2.45) is 0 Å². The van der Waals surface area contributed by atoms with Crippen molar-refractivity contribution in [3.8, 4) is 17.1 Å². The Bertz CT molecular complexity index is 1000. The molecular weight excluding hydrogens is 380 g/mol. The number of aryl methyl sites for hydroxylation is 1. The molecule has 1 aromatic carbocycles. The molecule has 0 atom stereocenters. The van der Waals surface area contributed by atoms with Crippen LogP contribution >= 0.6 is 0 Å². The monoisotopic (exact) mass is 408 g/mol. The van der Waals surface area contributed by atoms with Crippen LogP contribution in [0.15, 0.2) is 53.1 Å². The Morgan fingerprint density at radius 1 is 1.13 bits per heavy atom. The van der Waals surface area contributed by atoms with Crippen molar-refractivity contribution in [1.29, 1.82) is 0 Å². The van der Waals surface area contributed by atoms with Crippen LogP contribution in [-0.4, -0.2) is 59.0 Å². The zero-order chi connectivity index (χ0) is 21.1. The van der Waals surface area contributed by atoms with Gasteiger partial charge in [0.1, 0.15) is 11.5 Å². The lowest BCUT2D eigenvalue weighted by Gasteiger charge is -2.40. The molecular formula is C23H28N4O3. The highest BCUT2D eigenvalue weighted by molar-refractivity contribution is 5.99. The van der Waals surface area contributed by atoms with E-state index in [0.29, 0.717) is 23.6 Å². The number of ether oxygens (including phenoxy) is 1. The third-order valence-electron chi connectivity index (χ3n) is 5.50. The number of rotatable bonds is 6. The number of carbonyl (C=O) groups excluding carboxylic acids is 1. The van der Waals surface area contributed by atoms with E-state index in [1.165, 1.54) is 0 Å². The van der Waals surface area contributed by atoms with Crippen LogP contribution in [0.4, 0.5) is 0 Å². The molecule has 0 saturated carbocycles. The lowest BCUT2D eigenvalue weighted by Crippen LogP contribution is -2.55. The van der Waals surface area contributed by atoms with Gasteiger partial charge in [0.05, 0.1) is 24.5 Å². The van der Waals surface area contributed by atoms with Crippen LogP contribution in [0.1, 0.15) is 30.0 Å². The molecule has 1 aliphatic heterocycles. The summed E-state index contributed by atoms with van der Waals surface area (Å²) in [5.41, 5.74) is 1.74. The first-order valence-corrected chi connectivity index (χ1v) is 10.3. The van der Waals surface area contributed by atoms with Gasteiger partial charge in [0, 0.05) is 31.4 Å². The number of aromatic nitrogens is 2. The number of nitrogens with one attached hydrogen (secondary N) is 1. The van der Waals surface area contributed by atoms with Gasteiger partial charge in [0.2, 0.25) is 0 Å². The Balaban J connectivity index is 1.58. The topological polar surface area (TPSA) is 72.5 Å². The summed E-state index contributed by atoms with van der Waals surface area (Å²) in [5, 5.41) is 7.76. The number of amides is 1. The van der Waals surface area contributed by atoms with E-state index in [9.17, 15) is 4.79 Å². The molecule has 0 unspecified atom stereocenters. The number of hydrogen-bond acceptors (Lipinski definition) is 5. The van der Waals surface area contributed by atoms with Crippen molar-refractivity contribution < 1.29 is 13.9 Å². The van der Waals surface area contributed by atoms with Crippen LogP contribution in [0.25, 0.3) is 17.1 Å². The number of benzene rings is 1. The van der Waals surface area contributed by atoms with Crippen LogP contribution < -0.4 is 5.32 Å². The van der Waals surface area contributed by atoms with Gasteiger partial charge in [-0.25, -0.2) is 4.68 Å². The molecule has 30 heavy (non-hydrogen) atoms. The summed E-state index contributed by atoms with van der Waals surface area (Å²) < 4.78 is 12.9. The molecule has 0 bridgehead atoms. The standard InChI is InChI=1S/C23H28N4O3/c1-17-9-10-20(30-17)21-19(15-27(25-21)18-7-5-4-6-8-18)22(28)24-16-23(2,3)26-11-13-29-14-12-26/h4-10,15H,11-14,16H2,1-3H3,(H,24,28). The van der Waals surface area contributed by atoms with Crippen molar-refractivity contribution >= 4 is 5.91 Å². The zero-order valence-electron chi connectivity index (χ0n) is 17.7. The van der Waals surface area contributed by atoms with Crippen molar-refractivity contribution in [3.63, 3.8) is 0 Å². The van der Waals surface area contributed by atoms with Gasteiger partial charge in [0.25, 0.3) is 5.91 Å². The molecule has 1 amide bonds. The van der Waals surface area contributed by atoms with Crippen molar-refractivity contribution in [2.75, 3.05) is 32.8 Å². The molecule has 7 nitrogen and oxygen atoms in total. The molecule has 3 heterocycles. The molecule has 1 aliphatic rings. The fourth-order valence-corrected chi connectivity index (χ4v) is 3.67. The molecule has 0 radical (unpaired) electrons. The van der Waals surface area contributed by atoms with Crippen LogP contribution in [0.3, 0.4) is 0 Å². The second kappa shape index (κ2) is 8.45. The highest BCUT2D eigenvalue weighted by Gasteiger charge is 2.29. The summed E-state index contributed by atoms with van der Waals surface area (Å²) in [7, 11) is 0. The summed E-state index contributed by atoms with van der Waals surface area (Å²) in [6, 6.07) is 13.5. The molecule has 1 fully saturated rings. The highest BCUT2D eigenvalue weighted by Crippen LogP contribution is 2.26. The van der Waals surface area contributed by atoms with Gasteiger partial charge in [-0.2, -0.15) is 5.10 Å². The van der Waals surface area contributed by atoms with Crippen LogP contribution in [0, 0.1) is 6.92 Å². The Morgan fingerprint density at radius 2 is 1.87 bits per heavy atom. The van der Waals surface area contributed by atoms with Gasteiger partial charge >= 0.3 is 0 Å². The van der Waals surface area contributed by atoms with Gasteiger partial charge in [-0.15, -0.1) is 0 Å². The van der Waals surface area contributed by atoms with E-state index in [1.54, 1.807) is 10.9 Å². The van der Waals surface area contributed by atoms with E-state index < -0.39 is 0 Å². The predicted octanol–water partition coefficient (Wildman–Crippen LogP) is 3.28. The molecule has 3 aromatic rings. The molecule has 158 valence electrons. The fourth-order valence-electron chi connectivity index (χ4n) is 3.67. The summed E-state index contributed by atoms with van der Waals surface area (Å²) in [5.74, 6) is 1.20. The van der Waals surface area contributed by atoms with E-state index >= 15 is 0 Å². The quantitative estimate of drug-likeness (QED) is 0.678. The maximum Gasteiger partial charge on any atom is 0.255 e. The number of para-hydroxylation sites is 1. The Morgan fingerprint density at radius 3 is 2.53 bits per heavy atom. The van der Waals surface area contributed by atoms with Gasteiger partial charge < -0.3 is 14.5 Å². The normalized spacial score (nSPS) is 15.3. The molecule has 2 aromatic heterocycles. The minimum Gasteiger partial charge on any atom is -0.460 e. The first-order chi connectivity index (χ1) is 14.4. The van der Waals surface area contributed by atoms with Gasteiger partial charge in [0.15, 0.2) is 5.76 Å². The van der Waals surface area contributed by atoms with Crippen molar-refractivity contribution in [1.82, 2.24) is 20.0 Å². The molecule has 0 aliphatic carbocycles. The Hall–Kier alpha value is -2.90. The Kier molecular flexibility index (Phi) is 5.74. The minimum absolute atomic E-state index is 0.164. The SMILES string of the molecule is Cc1ccc(-c2nn(-c3ccccc3)cc2C(=O)NCC(C)(C)N2CCOCC2)o1. The lowest BCUT2D eigenvalue weighted by atomic mass is 10.0. The average Bonchev–Trinajstić information content (AvgIpc) is 3.40. The maximum atomic E-state index is 13.2. The molecule has 1 N–H and O–H groups in total. The van der Waals surface area contributed by atoms with Crippen LogP contribution in [0.2, 0.25) is 0 Å². The summed E-state index contributed by atoms with van der Waals surface area (Å²) in [6.45, 7) is 9.87. The first-order valence-electron chi connectivity index (χ1n) is 10.3. The maximum absolute atomic E-state index is 13.2. The lowest BCUT2D eigenvalue weighted by molar-refractivity contribution is -0.00923. The van der Waals surface area contributed by atoms with E-state index in [-0.39, 0.29) is 11.4 Å². The zero-order valence-corrected chi connectivity index (χ0v) is 17.7. The van der Waals surface area contributed by atoms with E-state index in [0.717, 1.165) is 37.8 Å². The Labute approximate surface area is 176 Å². The average molecular weight is 409 g/mol. The second-order valence-electron chi connectivity index (χ2n) is 8.18. The highest BCUT2D eigenvalue weighted by atomic mass is 16.5. The molecule has 1 saturated heterocycles. The summed E-state index contributed by atoms with van der Waals surface area (Å²) in [6.07, 6.45) is 1.76. The summed E-state index contributed by atoms with van der Waals surface area (Å²) >= 11 is 0. The van der Waals surface area contributed by atoms with Gasteiger partial charge in [-0.3, -0.25) is 9.69 Å². The van der Waals surface area contributed by atoms with Gasteiger partial charge in [-0.05, 0) is 45.0 Å². The van der Waals surface area contributed by atoms with Crippen molar-refractivity contribution in [2.45, 2.75) is 26.3 Å². The van der Waals surface area contributed by atoms with Crippen LogP contribution in [-0.2, 0) is 4.74 Å². The minimum atomic E-state index is -0.170. The van der Waals surface area contributed by atoms with E-state index in [1.807, 2.05) is 49.4 Å². The molecule has 4 rings (SSSR count). The van der Waals surface area contributed by atoms with Gasteiger partial charge in [-0.1, -0.05) is 18.2 Å². The predicted molar refractivity (Wildman–Crippen MR) is 115 cm³/mol. The van der Waals surface area contributed by atoms with Crippen LogP contribution in [0.5, 0.6) is 0 Å². The number of furan rings is 1. The third-order valence-corrected chi connectivity index (χ3v) is 5.50. The van der Waals surface area contributed by atoms with E-state index in [2.05, 4.69) is 29.2 Å². The number of morpholine rings is 1. The number of hydrogen-bond donors (Lipinski definition) is 1. The molecule has 0 spiro atoms. The third kappa shape index (κ3) is 4.32. The first kappa shape index (κ1) is 20.4. The molecule has 7 heteroatoms. The number of carbonyl (C=O) groups is 1.